The lowest BCUT2D eigenvalue weighted by Crippen LogP contribution is -2.27. The summed E-state index contributed by atoms with van der Waals surface area (Å²) in [4.78, 5) is 10.5. The molecule has 15 heavy (non-hydrogen) atoms. The van der Waals surface area contributed by atoms with Crippen molar-refractivity contribution in [2.75, 3.05) is 0 Å². The monoisotopic (exact) mass is 210 g/mol. The van der Waals surface area contributed by atoms with Crippen LogP contribution in [0.25, 0.3) is 0 Å². The minimum Gasteiger partial charge on any atom is -0.479 e. The fourth-order valence-electron chi connectivity index (χ4n) is 1.31. The Balaban J connectivity index is 2.90. The molecule has 0 amide bonds. The lowest BCUT2D eigenvalue weighted by Gasteiger charge is -2.14. The Morgan fingerprint density at radius 1 is 1.40 bits per heavy atom. The molecule has 4 nitrogen and oxygen atoms in total. The predicted molar refractivity (Wildman–Crippen MR) is 54.4 cm³/mol. The minimum atomic E-state index is -1.78. The molecular formula is C11H14O4. The fourth-order valence-corrected chi connectivity index (χ4v) is 1.31. The lowest BCUT2D eigenvalue weighted by molar-refractivity contribution is -0.153. The molecule has 0 fully saturated rings. The molecule has 0 heterocycles. The van der Waals surface area contributed by atoms with Crippen molar-refractivity contribution in [1.29, 1.82) is 0 Å². The van der Waals surface area contributed by atoms with Gasteiger partial charge in [-0.3, -0.25) is 0 Å². The average Bonchev–Trinajstić information content (AvgIpc) is 2.27. The van der Waals surface area contributed by atoms with Crippen molar-refractivity contribution in [1.82, 2.24) is 0 Å². The molecule has 0 saturated carbocycles. The number of carboxylic acids is 1. The number of benzene rings is 1. The number of hydrogen-bond acceptors (Lipinski definition) is 3. The van der Waals surface area contributed by atoms with Gasteiger partial charge in [0.25, 0.3) is 0 Å². The van der Waals surface area contributed by atoms with Crippen molar-refractivity contribution in [2.45, 2.75) is 25.6 Å². The van der Waals surface area contributed by atoms with E-state index in [1.54, 1.807) is 18.2 Å². The molecule has 1 rings (SSSR count). The maximum atomic E-state index is 10.5. The number of aryl methyl sites for hydroxylation is 1. The van der Waals surface area contributed by atoms with Crippen molar-refractivity contribution in [2.24, 2.45) is 0 Å². The number of rotatable bonds is 4. The van der Waals surface area contributed by atoms with E-state index in [9.17, 15) is 9.90 Å². The third kappa shape index (κ3) is 2.78. The van der Waals surface area contributed by atoms with E-state index >= 15 is 0 Å². The molecule has 0 spiro atoms. The molecular weight excluding hydrogens is 196 g/mol. The first-order chi connectivity index (χ1) is 7.06. The van der Waals surface area contributed by atoms with Gasteiger partial charge in [-0.15, -0.1) is 0 Å². The first-order valence-corrected chi connectivity index (χ1v) is 4.74. The summed E-state index contributed by atoms with van der Waals surface area (Å²) >= 11 is 0. The summed E-state index contributed by atoms with van der Waals surface area (Å²) in [6, 6.07) is 6.89. The van der Waals surface area contributed by atoms with Crippen molar-refractivity contribution >= 4 is 5.97 Å². The maximum absolute atomic E-state index is 10.5. The molecule has 2 unspecified atom stereocenters. The van der Waals surface area contributed by atoms with Crippen LogP contribution in [0.15, 0.2) is 24.3 Å². The summed E-state index contributed by atoms with van der Waals surface area (Å²) < 4.78 is 0. The number of aliphatic carboxylic acids is 1. The normalized spacial score (nSPS) is 14.6. The largest absolute Gasteiger partial charge is 0.479 e. The Labute approximate surface area is 87.8 Å². The number of hydrogen-bond donors (Lipinski definition) is 3. The summed E-state index contributed by atoms with van der Waals surface area (Å²) in [7, 11) is 0. The van der Waals surface area contributed by atoms with Gasteiger partial charge >= 0.3 is 5.97 Å². The summed E-state index contributed by atoms with van der Waals surface area (Å²) in [5, 5.41) is 27.2. The van der Waals surface area contributed by atoms with Gasteiger partial charge in [-0.1, -0.05) is 31.2 Å². The van der Waals surface area contributed by atoms with Crippen molar-refractivity contribution < 1.29 is 20.1 Å². The smallest absolute Gasteiger partial charge is 0.335 e. The molecule has 82 valence electrons. The molecule has 0 aliphatic heterocycles. The standard InChI is InChI=1S/C11H14O4/c1-2-7-4-3-5-8(6-7)9(12)10(13)11(14)15/h3-6,9-10,12-13H,2H2,1H3,(H,14,15). The molecule has 0 aromatic heterocycles. The van der Waals surface area contributed by atoms with Gasteiger partial charge in [0.05, 0.1) is 0 Å². The van der Waals surface area contributed by atoms with E-state index in [1.165, 1.54) is 0 Å². The van der Waals surface area contributed by atoms with E-state index in [4.69, 9.17) is 10.2 Å². The van der Waals surface area contributed by atoms with E-state index in [0.717, 1.165) is 12.0 Å². The minimum absolute atomic E-state index is 0.421. The summed E-state index contributed by atoms with van der Waals surface area (Å²) in [5.74, 6) is -1.43. The SMILES string of the molecule is CCc1cccc(C(O)C(O)C(=O)O)c1. The van der Waals surface area contributed by atoms with Gasteiger partial charge in [-0.25, -0.2) is 4.79 Å². The van der Waals surface area contributed by atoms with Gasteiger partial charge in [0.1, 0.15) is 6.10 Å². The molecule has 0 aliphatic carbocycles. The molecule has 4 heteroatoms. The Kier molecular flexibility index (Phi) is 3.82. The number of aliphatic hydroxyl groups excluding tert-OH is 2. The van der Waals surface area contributed by atoms with Crippen LogP contribution in [0.3, 0.4) is 0 Å². The van der Waals surface area contributed by atoms with E-state index < -0.39 is 18.2 Å². The fraction of sp³-hybridized carbons (Fsp3) is 0.364. The molecule has 0 bridgehead atoms. The number of carboxylic acid groups (broad SMARTS) is 1. The Morgan fingerprint density at radius 2 is 2.07 bits per heavy atom. The van der Waals surface area contributed by atoms with E-state index in [2.05, 4.69) is 0 Å². The van der Waals surface area contributed by atoms with Crippen molar-refractivity contribution in [3.8, 4) is 0 Å². The molecule has 0 saturated heterocycles. The first-order valence-electron chi connectivity index (χ1n) is 4.74. The quantitative estimate of drug-likeness (QED) is 0.684. The zero-order valence-electron chi connectivity index (χ0n) is 8.42. The average molecular weight is 210 g/mol. The van der Waals surface area contributed by atoms with Crippen LogP contribution in [0.5, 0.6) is 0 Å². The van der Waals surface area contributed by atoms with Crippen molar-refractivity contribution in [3.63, 3.8) is 0 Å². The Bertz CT molecular complexity index is 348. The predicted octanol–water partition coefficient (Wildman–Crippen LogP) is 0.728. The molecule has 2 atom stereocenters. The second-order valence-corrected chi connectivity index (χ2v) is 3.33. The van der Waals surface area contributed by atoms with E-state index in [0.29, 0.717) is 5.56 Å². The van der Waals surface area contributed by atoms with Crippen LogP contribution in [0.1, 0.15) is 24.2 Å². The topological polar surface area (TPSA) is 77.8 Å². The summed E-state index contributed by atoms with van der Waals surface area (Å²) in [6.45, 7) is 1.96. The third-order valence-corrected chi connectivity index (χ3v) is 2.25. The van der Waals surface area contributed by atoms with Gasteiger partial charge in [0.15, 0.2) is 6.10 Å². The highest BCUT2D eigenvalue weighted by atomic mass is 16.4. The van der Waals surface area contributed by atoms with E-state index in [-0.39, 0.29) is 0 Å². The van der Waals surface area contributed by atoms with E-state index in [1.807, 2.05) is 13.0 Å². The highest BCUT2D eigenvalue weighted by Gasteiger charge is 2.24. The molecule has 0 radical (unpaired) electrons. The van der Waals surface area contributed by atoms with Crippen LogP contribution in [-0.4, -0.2) is 27.4 Å². The number of carbonyl (C=O) groups is 1. The summed E-state index contributed by atoms with van der Waals surface area (Å²) in [6.07, 6.45) is -2.37. The second kappa shape index (κ2) is 4.91. The first kappa shape index (κ1) is 11.7. The zero-order valence-corrected chi connectivity index (χ0v) is 8.42. The van der Waals surface area contributed by atoms with Crippen LogP contribution in [0, 0.1) is 0 Å². The van der Waals surface area contributed by atoms with Crippen LogP contribution >= 0.6 is 0 Å². The Hall–Kier alpha value is -1.39. The van der Waals surface area contributed by atoms with Gasteiger partial charge in [-0.2, -0.15) is 0 Å². The number of aliphatic hydroxyl groups is 2. The van der Waals surface area contributed by atoms with Crippen LogP contribution in [0.4, 0.5) is 0 Å². The van der Waals surface area contributed by atoms with Crippen LogP contribution in [0.2, 0.25) is 0 Å². The zero-order chi connectivity index (χ0) is 11.4. The van der Waals surface area contributed by atoms with Gasteiger partial charge in [-0.05, 0) is 17.5 Å². The van der Waals surface area contributed by atoms with Crippen LogP contribution in [-0.2, 0) is 11.2 Å². The second-order valence-electron chi connectivity index (χ2n) is 3.33. The highest BCUT2D eigenvalue weighted by molar-refractivity contribution is 5.73. The summed E-state index contributed by atoms with van der Waals surface area (Å²) in [5.41, 5.74) is 1.41. The molecule has 3 N–H and O–H groups in total. The van der Waals surface area contributed by atoms with Gasteiger partial charge in [0, 0.05) is 0 Å². The Morgan fingerprint density at radius 3 is 2.60 bits per heavy atom. The van der Waals surface area contributed by atoms with Crippen molar-refractivity contribution in [3.05, 3.63) is 35.4 Å². The maximum Gasteiger partial charge on any atom is 0.335 e. The molecule has 1 aromatic carbocycles. The molecule has 0 aliphatic rings. The highest BCUT2D eigenvalue weighted by Crippen LogP contribution is 2.18. The van der Waals surface area contributed by atoms with Gasteiger partial charge < -0.3 is 15.3 Å². The lowest BCUT2D eigenvalue weighted by atomic mass is 10.0. The van der Waals surface area contributed by atoms with Crippen LogP contribution < -0.4 is 0 Å². The third-order valence-electron chi connectivity index (χ3n) is 2.25. The molecule has 1 aromatic rings. The van der Waals surface area contributed by atoms with Gasteiger partial charge in [0.2, 0.25) is 0 Å².